The maximum atomic E-state index is 13.0. The van der Waals surface area contributed by atoms with E-state index in [1.54, 1.807) is 0 Å². The van der Waals surface area contributed by atoms with Crippen molar-refractivity contribution >= 4 is 17.2 Å². The average molecular weight is 309 g/mol. The molecule has 1 atom stereocenters. The lowest BCUT2D eigenvalue weighted by Crippen LogP contribution is -2.35. The van der Waals surface area contributed by atoms with Gasteiger partial charge in [-0.25, -0.2) is 4.98 Å². The zero-order chi connectivity index (χ0) is 15.6. The third-order valence-electron chi connectivity index (χ3n) is 2.57. The Morgan fingerprint density at radius 1 is 1.45 bits per heavy atom. The van der Waals surface area contributed by atoms with E-state index in [2.05, 4.69) is 10.3 Å². The van der Waals surface area contributed by atoms with Crippen molar-refractivity contribution in [1.29, 1.82) is 0 Å². The molecule has 0 aliphatic carbocycles. The number of nitrogens with two attached hydrogens (primary N) is 1. The average Bonchev–Trinajstić information content (AvgIpc) is 2.69. The van der Waals surface area contributed by atoms with Gasteiger partial charge in [-0.05, 0) is 18.4 Å². The van der Waals surface area contributed by atoms with Crippen LogP contribution in [0, 0.1) is 5.41 Å². The molecular weight excluding hydrogens is 291 g/mol. The number of aromatic nitrogens is 1. The highest BCUT2D eigenvalue weighted by atomic mass is 32.1. The highest BCUT2D eigenvalue weighted by Gasteiger charge is 2.41. The maximum Gasteiger partial charge on any atom is 0.408 e. The van der Waals surface area contributed by atoms with E-state index in [1.165, 1.54) is 0 Å². The van der Waals surface area contributed by atoms with Crippen LogP contribution in [-0.2, 0) is 0 Å². The first-order valence-corrected chi connectivity index (χ1v) is 6.88. The molecular formula is C12H18F3N3OS. The number of carbonyl (C=O) groups excluding carboxylic acids is 1. The van der Waals surface area contributed by atoms with E-state index >= 15 is 0 Å². The Balaban J connectivity index is 2.82. The van der Waals surface area contributed by atoms with Crippen LogP contribution in [0.3, 0.4) is 0 Å². The third kappa shape index (κ3) is 5.09. The standard InChI is InChI=1S/C12H18F3N3OS/c1-11(2,3)4-5-17-8(12(13,14)15)7-6-18-10(20-7)9(16)19/h6,8,17H,4-5H2,1-3H3,(H2,16,19). The number of halogens is 3. The molecule has 0 fully saturated rings. The summed E-state index contributed by atoms with van der Waals surface area (Å²) < 4.78 is 39.1. The maximum absolute atomic E-state index is 13.0. The smallest absolute Gasteiger partial charge is 0.364 e. The lowest BCUT2D eigenvalue weighted by Gasteiger charge is -2.23. The molecule has 8 heteroatoms. The van der Waals surface area contributed by atoms with Gasteiger partial charge in [0.1, 0.15) is 6.04 Å². The second-order valence-corrected chi connectivity index (χ2v) is 6.73. The molecule has 0 saturated heterocycles. The van der Waals surface area contributed by atoms with Gasteiger partial charge >= 0.3 is 6.18 Å². The molecule has 1 aromatic rings. The number of rotatable bonds is 5. The lowest BCUT2D eigenvalue weighted by atomic mass is 9.92. The van der Waals surface area contributed by atoms with E-state index in [4.69, 9.17) is 5.73 Å². The van der Waals surface area contributed by atoms with Gasteiger partial charge in [-0.3, -0.25) is 4.79 Å². The van der Waals surface area contributed by atoms with Gasteiger partial charge in [0, 0.05) is 6.20 Å². The molecule has 0 bridgehead atoms. The second kappa shape index (κ2) is 6.09. The number of primary amides is 1. The molecule has 0 saturated carbocycles. The SMILES string of the molecule is CC(C)(C)CCNC(c1cnc(C(N)=O)s1)C(F)(F)F. The van der Waals surface area contributed by atoms with Crippen LogP contribution in [0.15, 0.2) is 6.20 Å². The van der Waals surface area contributed by atoms with Gasteiger partial charge < -0.3 is 11.1 Å². The Hall–Kier alpha value is -1.15. The van der Waals surface area contributed by atoms with Gasteiger partial charge in [0.15, 0.2) is 5.01 Å². The van der Waals surface area contributed by atoms with Crippen molar-refractivity contribution in [3.05, 3.63) is 16.1 Å². The number of nitrogens with one attached hydrogen (secondary N) is 1. The first kappa shape index (κ1) is 16.9. The number of hydrogen-bond acceptors (Lipinski definition) is 4. The molecule has 0 aromatic carbocycles. The third-order valence-corrected chi connectivity index (χ3v) is 3.65. The zero-order valence-corrected chi connectivity index (χ0v) is 12.4. The second-order valence-electron chi connectivity index (χ2n) is 5.67. The van der Waals surface area contributed by atoms with E-state index in [0.29, 0.717) is 17.8 Å². The summed E-state index contributed by atoms with van der Waals surface area (Å²) in [7, 11) is 0. The topological polar surface area (TPSA) is 68.0 Å². The fourth-order valence-corrected chi connectivity index (χ4v) is 2.37. The Morgan fingerprint density at radius 3 is 2.45 bits per heavy atom. The predicted octanol–water partition coefficient (Wildman–Crippen LogP) is 2.87. The summed E-state index contributed by atoms with van der Waals surface area (Å²) in [6.07, 6.45) is -2.80. The monoisotopic (exact) mass is 309 g/mol. The lowest BCUT2D eigenvalue weighted by molar-refractivity contribution is -0.157. The highest BCUT2D eigenvalue weighted by molar-refractivity contribution is 7.13. The molecule has 3 N–H and O–H groups in total. The normalized spacial score (nSPS) is 14.3. The molecule has 1 rings (SSSR count). The first-order chi connectivity index (χ1) is 9.00. The van der Waals surface area contributed by atoms with E-state index in [9.17, 15) is 18.0 Å². The van der Waals surface area contributed by atoms with Gasteiger partial charge in [0.2, 0.25) is 0 Å². The Morgan fingerprint density at radius 2 is 2.05 bits per heavy atom. The molecule has 0 aliphatic heterocycles. The number of amides is 1. The number of thiazole rings is 1. The summed E-state index contributed by atoms with van der Waals surface area (Å²) in [5.41, 5.74) is 4.94. The molecule has 20 heavy (non-hydrogen) atoms. The molecule has 0 aliphatic rings. The quantitative estimate of drug-likeness (QED) is 0.879. The zero-order valence-electron chi connectivity index (χ0n) is 11.5. The molecule has 4 nitrogen and oxygen atoms in total. The molecule has 1 aromatic heterocycles. The molecule has 114 valence electrons. The van der Waals surface area contributed by atoms with Crippen LogP contribution in [0.25, 0.3) is 0 Å². The number of nitrogens with zero attached hydrogens (tertiary/aromatic N) is 1. The van der Waals surface area contributed by atoms with Crippen LogP contribution in [0.5, 0.6) is 0 Å². The van der Waals surface area contributed by atoms with Crippen LogP contribution in [-0.4, -0.2) is 23.6 Å². The van der Waals surface area contributed by atoms with Crippen LogP contribution in [0.2, 0.25) is 0 Å². The molecule has 0 radical (unpaired) electrons. The number of alkyl halides is 3. The van der Waals surface area contributed by atoms with Crippen molar-refractivity contribution in [1.82, 2.24) is 10.3 Å². The van der Waals surface area contributed by atoms with Gasteiger partial charge in [-0.1, -0.05) is 20.8 Å². The van der Waals surface area contributed by atoms with E-state index in [1.807, 2.05) is 20.8 Å². The summed E-state index contributed by atoms with van der Waals surface area (Å²) in [4.78, 5) is 14.5. The van der Waals surface area contributed by atoms with Crippen LogP contribution >= 0.6 is 11.3 Å². The van der Waals surface area contributed by atoms with E-state index < -0.39 is 18.1 Å². The number of carbonyl (C=O) groups is 1. The van der Waals surface area contributed by atoms with E-state index in [0.717, 1.165) is 6.20 Å². The summed E-state index contributed by atoms with van der Waals surface area (Å²) in [6, 6.07) is -1.82. The van der Waals surface area contributed by atoms with Gasteiger partial charge in [0.05, 0.1) is 4.88 Å². The Bertz CT molecular complexity index is 465. The van der Waals surface area contributed by atoms with Crippen molar-refractivity contribution in [2.45, 2.75) is 39.4 Å². The van der Waals surface area contributed by atoms with Crippen molar-refractivity contribution < 1.29 is 18.0 Å². The summed E-state index contributed by atoms with van der Waals surface area (Å²) in [6.45, 7) is 6.08. The molecule has 1 unspecified atom stereocenters. The fourth-order valence-electron chi connectivity index (χ4n) is 1.50. The van der Waals surface area contributed by atoms with Gasteiger partial charge in [-0.15, -0.1) is 11.3 Å². The predicted molar refractivity (Wildman–Crippen MR) is 71.5 cm³/mol. The van der Waals surface area contributed by atoms with Crippen molar-refractivity contribution in [3.8, 4) is 0 Å². The van der Waals surface area contributed by atoms with Crippen LogP contribution in [0.4, 0.5) is 13.2 Å². The van der Waals surface area contributed by atoms with E-state index in [-0.39, 0.29) is 21.8 Å². The molecule has 1 amide bonds. The van der Waals surface area contributed by atoms with Crippen molar-refractivity contribution in [2.24, 2.45) is 11.1 Å². The summed E-state index contributed by atoms with van der Waals surface area (Å²) in [5, 5.41) is 2.36. The minimum Gasteiger partial charge on any atom is -0.364 e. The molecule has 0 spiro atoms. The highest BCUT2D eigenvalue weighted by Crippen LogP contribution is 2.35. The fraction of sp³-hybridized carbons (Fsp3) is 0.667. The van der Waals surface area contributed by atoms with Gasteiger partial charge in [0.25, 0.3) is 5.91 Å². The van der Waals surface area contributed by atoms with Crippen LogP contribution < -0.4 is 11.1 Å². The van der Waals surface area contributed by atoms with Crippen molar-refractivity contribution in [3.63, 3.8) is 0 Å². The van der Waals surface area contributed by atoms with Crippen molar-refractivity contribution in [2.75, 3.05) is 6.54 Å². The Labute approximate surface area is 119 Å². The first-order valence-electron chi connectivity index (χ1n) is 6.06. The Kier molecular flexibility index (Phi) is 5.15. The largest absolute Gasteiger partial charge is 0.408 e. The van der Waals surface area contributed by atoms with Gasteiger partial charge in [-0.2, -0.15) is 13.2 Å². The summed E-state index contributed by atoms with van der Waals surface area (Å²) in [5.74, 6) is -0.822. The minimum absolute atomic E-state index is 0.0554. The number of hydrogen-bond donors (Lipinski definition) is 2. The molecule has 1 heterocycles. The minimum atomic E-state index is -4.45. The van der Waals surface area contributed by atoms with Crippen LogP contribution in [0.1, 0.15) is 47.9 Å². The summed E-state index contributed by atoms with van der Waals surface area (Å²) >= 11 is 0.666.